The minimum absolute atomic E-state index is 0.299. The van der Waals surface area contributed by atoms with Crippen molar-refractivity contribution in [3.63, 3.8) is 0 Å². The van der Waals surface area contributed by atoms with Crippen molar-refractivity contribution in [3.8, 4) is 18.2 Å². The fourth-order valence-electron chi connectivity index (χ4n) is 4.60. The third-order valence-electron chi connectivity index (χ3n) is 5.84. The Hall–Kier alpha value is -3.37. The molecule has 2 heterocycles. The Morgan fingerprint density at radius 2 is 1.59 bits per heavy atom. The fraction of sp³-hybridized carbons (Fsp3) is 0.273. The van der Waals surface area contributed by atoms with Crippen molar-refractivity contribution >= 4 is 17.5 Å². The number of nitrogens with zero attached hydrogens (tertiary/aromatic N) is 3. The summed E-state index contributed by atoms with van der Waals surface area (Å²) in [7, 11) is 0. The molecule has 0 radical (unpaired) electrons. The first kappa shape index (κ1) is 19.0. The van der Waals surface area contributed by atoms with Crippen LogP contribution < -0.4 is 0 Å². The van der Waals surface area contributed by atoms with E-state index in [1.165, 1.54) is 0 Å². The number of nitrogens with one attached hydrogen (secondary N) is 1. The molecule has 2 bridgehead atoms. The van der Waals surface area contributed by atoms with Crippen LogP contribution in [0.4, 0.5) is 0 Å². The predicted octanol–water partition coefficient (Wildman–Crippen LogP) is 4.46. The van der Waals surface area contributed by atoms with Gasteiger partial charge in [-0.2, -0.15) is 15.8 Å². The van der Waals surface area contributed by atoms with Gasteiger partial charge in [0.2, 0.25) is 17.1 Å². The van der Waals surface area contributed by atoms with Crippen molar-refractivity contribution < 1.29 is 9.47 Å². The molecule has 2 aromatic rings. The molecule has 2 saturated heterocycles. The van der Waals surface area contributed by atoms with E-state index in [0.717, 1.165) is 0 Å². The summed E-state index contributed by atoms with van der Waals surface area (Å²) in [6.45, 7) is 1.63. The van der Waals surface area contributed by atoms with E-state index in [1.54, 1.807) is 55.5 Å². The van der Waals surface area contributed by atoms with Gasteiger partial charge in [-0.1, -0.05) is 60.1 Å². The van der Waals surface area contributed by atoms with Crippen LogP contribution in [0.2, 0.25) is 5.02 Å². The summed E-state index contributed by atoms with van der Waals surface area (Å²) in [6, 6.07) is 21.8. The maximum atomic E-state index is 10.4. The van der Waals surface area contributed by atoms with Gasteiger partial charge in [0.25, 0.3) is 0 Å². The summed E-state index contributed by atoms with van der Waals surface area (Å²) in [5.74, 6) is -2.74. The molecule has 2 aliphatic rings. The molecule has 0 aliphatic carbocycles. The highest BCUT2D eigenvalue weighted by Gasteiger charge is 2.79. The molecule has 0 spiro atoms. The molecular weight excluding hydrogens is 388 g/mol. The second kappa shape index (κ2) is 6.33. The molecule has 7 heteroatoms. The molecule has 4 atom stereocenters. The molecule has 0 amide bonds. The minimum atomic E-state index is -2.06. The number of rotatable bonds is 2. The van der Waals surface area contributed by atoms with Crippen LogP contribution in [0.1, 0.15) is 30.1 Å². The van der Waals surface area contributed by atoms with E-state index in [2.05, 4.69) is 6.07 Å². The number of hydrogen-bond acceptors (Lipinski definition) is 6. The molecule has 6 nitrogen and oxygen atoms in total. The monoisotopic (exact) mass is 402 g/mol. The molecule has 2 aliphatic heterocycles. The fourth-order valence-corrected chi connectivity index (χ4v) is 4.83. The highest BCUT2D eigenvalue weighted by Crippen LogP contribution is 2.69. The van der Waals surface area contributed by atoms with E-state index in [-0.39, 0.29) is 0 Å². The van der Waals surface area contributed by atoms with Crippen molar-refractivity contribution in [1.29, 1.82) is 21.2 Å². The van der Waals surface area contributed by atoms with E-state index >= 15 is 0 Å². The molecule has 0 aromatic heterocycles. The number of hydrogen-bond donors (Lipinski definition) is 1. The zero-order valence-electron chi connectivity index (χ0n) is 15.4. The van der Waals surface area contributed by atoms with Crippen LogP contribution in [-0.4, -0.2) is 11.7 Å². The lowest BCUT2D eigenvalue weighted by atomic mass is 9.52. The van der Waals surface area contributed by atoms with E-state index in [0.29, 0.717) is 16.1 Å². The van der Waals surface area contributed by atoms with Gasteiger partial charge in [0.1, 0.15) is 6.10 Å². The summed E-state index contributed by atoms with van der Waals surface area (Å²) in [6.07, 6.45) is -1.18. The molecule has 29 heavy (non-hydrogen) atoms. The van der Waals surface area contributed by atoms with Crippen LogP contribution in [0.5, 0.6) is 0 Å². The van der Waals surface area contributed by atoms with Crippen molar-refractivity contribution in [3.05, 3.63) is 70.7 Å². The smallest absolute Gasteiger partial charge is 0.218 e. The van der Waals surface area contributed by atoms with Gasteiger partial charge in [0.15, 0.2) is 5.41 Å². The Morgan fingerprint density at radius 1 is 0.966 bits per heavy atom. The molecule has 4 unspecified atom stereocenters. The van der Waals surface area contributed by atoms with Crippen LogP contribution in [0.3, 0.4) is 0 Å². The molecule has 2 fully saturated rings. The third kappa shape index (κ3) is 2.21. The second-order valence-electron chi connectivity index (χ2n) is 7.26. The summed E-state index contributed by atoms with van der Waals surface area (Å²) in [5, 5.41) is 39.7. The largest absolute Gasteiger partial charge is 0.447 e. The Bertz CT molecular complexity index is 1120. The van der Waals surface area contributed by atoms with Gasteiger partial charge in [-0.3, -0.25) is 5.41 Å². The maximum Gasteiger partial charge on any atom is 0.218 e. The van der Waals surface area contributed by atoms with Crippen molar-refractivity contribution in [2.45, 2.75) is 24.7 Å². The summed E-state index contributed by atoms with van der Waals surface area (Å²) in [4.78, 5) is 0. The number of nitriles is 3. The van der Waals surface area contributed by atoms with Crippen LogP contribution >= 0.6 is 11.6 Å². The Balaban J connectivity index is 2.07. The van der Waals surface area contributed by atoms with E-state index < -0.39 is 34.5 Å². The van der Waals surface area contributed by atoms with Gasteiger partial charge in [0.05, 0.1) is 24.1 Å². The van der Waals surface area contributed by atoms with E-state index in [1.807, 2.05) is 18.2 Å². The Labute approximate surface area is 173 Å². The van der Waals surface area contributed by atoms with Crippen LogP contribution in [0.15, 0.2) is 54.6 Å². The molecular formula is C22H15ClN4O2. The predicted molar refractivity (Wildman–Crippen MR) is 103 cm³/mol. The average Bonchev–Trinajstić information content (AvgIpc) is 2.92. The van der Waals surface area contributed by atoms with Gasteiger partial charge in [-0.05, 0) is 11.6 Å². The lowest BCUT2D eigenvalue weighted by molar-refractivity contribution is -0.253. The van der Waals surface area contributed by atoms with Gasteiger partial charge in [-0.25, -0.2) is 0 Å². The summed E-state index contributed by atoms with van der Waals surface area (Å²) in [5.41, 5.74) is -2.89. The highest BCUT2D eigenvalue weighted by molar-refractivity contribution is 6.31. The summed E-state index contributed by atoms with van der Waals surface area (Å²) >= 11 is 6.36. The zero-order valence-corrected chi connectivity index (χ0v) is 16.1. The quantitative estimate of drug-likeness (QED) is 0.796. The first-order valence-corrected chi connectivity index (χ1v) is 9.27. The van der Waals surface area contributed by atoms with Crippen molar-refractivity contribution in [2.75, 3.05) is 0 Å². The molecule has 1 N–H and O–H groups in total. The zero-order chi connectivity index (χ0) is 20.9. The highest BCUT2D eigenvalue weighted by atomic mass is 35.5. The van der Waals surface area contributed by atoms with E-state index in [9.17, 15) is 15.8 Å². The number of ether oxygens (including phenoxy) is 2. The van der Waals surface area contributed by atoms with E-state index in [4.69, 9.17) is 26.5 Å². The standard InChI is InChI=1S/C22H15ClN4O2/c1-20-17(14-7-3-2-4-8-14)22(13-26,19(27)29-20)21(11-24,12-25)18(28-20)15-9-5-6-10-16(15)23/h2-10,17-18,27H,1H3. The van der Waals surface area contributed by atoms with Crippen LogP contribution in [-0.2, 0) is 9.47 Å². The topological polar surface area (TPSA) is 114 Å². The van der Waals surface area contributed by atoms with Gasteiger partial charge in [-0.15, -0.1) is 0 Å². The van der Waals surface area contributed by atoms with Crippen LogP contribution in [0.25, 0.3) is 0 Å². The first-order valence-electron chi connectivity index (χ1n) is 8.89. The SMILES string of the molecule is CC12OC(=N)C(C#N)(C1c1ccccc1)C(C#N)(C#N)C(c1ccccc1Cl)O2. The molecule has 4 rings (SSSR count). The van der Waals surface area contributed by atoms with Gasteiger partial charge >= 0.3 is 0 Å². The Morgan fingerprint density at radius 3 is 2.17 bits per heavy atom. The normalized spacial score (nSPS) is 31.8. The van der Waals surface area contributed by atoms with Crippen molar-refractivity contribution in [2.24, 2.45) is 10.8 Å². The minimum Gasteiger partial charge on any atom is -0.447 e. The number of benzene rings is 2. The molecule has 142 valence electrons. The number of halogens is 1. The van der Waals surface area contributed by atoms with Gasteiger partial charge in [0, 0.05) is 17.5 Å². The first-order chi connectivity index (χ1) is 13.9. The average molecular weight is 403 g/mol. The summed E-state index contributed by atoms with van der Waals surface area (Å²) < 4.78 is 12.0. The van der Waals surface area contributed by atoms with Crippen molar-refractivity contribution in [1.82, 2.24) is 0 Å². The third-order valence-corrected chi connectivity index (χ3v) is 6.18. The maximum absolute atomic E-state index is 10.4. The lowest BCUT2D eigenvalue weighted by Crippen LogP contribution is -2.57. The lowest BCUT2D eigenvalue weighted by Gasteiger charge is -2.49. The second-order valence-corrected chi connectivity index (χ2v) is 7.67. The van der Waals surface area contributed by atoms with Gasteiger partial charge < -0.3 is 9.47 Å². The molecule has 2 aromatic carbocycles. The van der Waals surface area contributed by atoms with Crippen LogP contribution in [0, 0.1) is 50.2 Å². The number of fused-ring (bicyclic) bond motifs is 2. The Kier molecular flexibility index (Phi) is 4.14. The molecule has 0 saturated carbocycles.